The fourth-order valence-electron chi connectivity index (χ4n) is 4.62. The third-order valence-corrected chi connectivity index (χ3v) is 6.29. The van der Waals surface area contributed by atoms with Crippen molar-refractivity contribution in [2.75, 3.05) is 18.4 Å². The minimum Gasteiger partial charge on any atom is -0.457 e. The van der Waals surface area contributed by atoms with Crippen LogP contribution in [0.2, 0.25) is 0 Å². The van der Waals surface area contributed by atoms with Crippen LogP contribution in [0, 0.1) is 6.92 Å². The highest BCUT2D eigenvalue weighted by atomic mass is 16.3. The highest BCUT2D eigenvalue weighted by Crippen LogP contribution is 2.41. The van der Waals surface area contributed by atoms with E-state index in [4.69, 9.17) is 4.42 Å². The van der Waals surface area contributed by atoms with Gasteiger partial charge >= 0.3 is 0 Å². The summed E-state index contributed by atoms with van der Waals surface area (Å²) in [5.74, 6) is 0.683. The second kappa shape index (κ2) is 9.01. The van der Waals surface area contributed by atoms with Crippen molar-refractivity contribution in [2.24, 2.45) is 0 Å². The number of hydrogen-bond donors (Lipinski definition) is 1. The second-order valence-electron chi connectivity index (χ2n) is 8.57. The van der Waals surface area contributed by atoms with E-state index in [0.717, 1.165) is 41.1 Å². The quantitative estimate of drug-likeness (QED) is 0.394. The van der Waals surface area contributed by atoms with Gasteiger partial charge in [-0.1, -0.05) is 66.6 Å². The molecule has 1 amide bonds. The van der Waals surface area contributed by atoms with Gasteiger partial charge in [-0.05, 0) is 62.7 Å². The lowest BCUT2D eigenvalue weighted by molar-refractivity contribution is 0.102. The fourth-order valence-corrected chi connectivity index (χ4v) is 4.62. The summed E-state index contributed by atoms with van der Waals surface area (Å²) in [6.45, 7) is 4.05. The van der Waals surface area contributed by atoms with Gasteiger partial charge in [0.15, 0.2) is 0 Å². The van der Waals surface area contributed by atoms with Gasteiger partial charge < -0.3 is 9.73 Å². The van der Waals surface area contributed by atoms with Gasteiger partial charge in [-0.25, -0.2) is 0 Å². The summed E-state index contributed by atoms with van der Waals surface area (Å²) in [7, 11) is 0. The van der Waals surface area contributed by atoms with Crippen LogP contribution in [0.25, 0.3) is 11.0 Å². The van der Waals surface area contributed by atoms with Gasteiger partial charge in [0, 0.05) is 10.9 Å². The van der Waals surface area contributed by atoms with E-state index in [1.165, 1.54) is 24.8 Å². The van der Waals surface area contributed by atoms with Gasteiger partial charge in [-0.3, -0.25) is 9.69 Å². The normalized spacial score (nSPS) is 15.5. The van der Waals surface area contributed by atoms with Crippen LogP contribution < -0.4 is 5.32 Å². The average Bonchev–Trinajstić information content (AvgIpc) is 3.19. The van der Waals surface area contributed by atoms with Gasteiger partial charge in [-0.15, -0.1) is 0 Å². The molecule has 0 spiro atoms. The Balaban J connectivity index is 1.61. The number of hydrogen-bond acceptors (Lipinski definition) is 3. The minimum atomic E-state index is -0.122. The molecule has 4 aromatic rings. The van der Waals surface area contributed by atoms with Crippen LogP contribution >= 0.6 is 0 Å². The molecule has 1 aromatic heterocycles. The van der Waals surface area contributed by atoms with Crippen LogP contribution in [0.3, 0.4) is 0 Å². The number of aryl methyl sites for hydroxylation is 1. The van der Waals surface area contributed by atoms with Crippen LogP contribution in [0.15, 0.2) is 83.3 Å². The maximum absolute atomic E-state index is 13.2. The third-order valence-electron chi connectivity index (χ3n) is 6.29. The molecule has 4 heteroatoms. The zero-order chi connectivity index (χ0) is 21.9. The van der Waals surface area contributed by atoms with Crippen molar-refractivity contribution in [1.29, 1.82) is 0 Å². The van der Waals surface area contributed by atoms with Crippen molar-refractivity contribution in [3.05, 3.63) is 101 Å². The van der Waals surface area contributed by atoms with Crippen molar-refractivity contribution in [2.45, 2.75) is 32.2 Å². The Bertz CT molecular complexity index is 1210. The molecule has 2 heterocycles. The number of rotatable bonds is 5. The van der Waals surface area contributed by atoms with Crippen molar-refractivity contribution in [3.63, 3.8) is 0 Å². The zero-order valence-electron chi connectivity index (χ0n) is 18.4. The van der Waals surface area contributed by atoms with Crippen molar-refractivity contribution >= 4 is 22.6 Å². The van der Waals surface area contributed by atoms with Gasteiger partial charge in [0.05, 0.1) is 11.7 Å². The number of carbonyl (C=O) groups is 1. The molecule has 1 fully saturated rings. The summed E-state index contributed by atoms with van der Waals surface area (Å²) in [5.41, 5.74) is 4.51. The van der Waals surface area contributed by atoms with Crippen LogP contribution in [-0.2, 0) is 0 Å². The maximum atomic E-state index is 13.2. The van der Waals surface area contributed by atoms with Gasteiger partial charge in [0.1, 0.15) is 11.3 Å². The number of nitrogens with one attached hydrogen (secondary N) is 1. The zero-order valence-corrected chi connectivity index (χ0v) is 18.4. The maximum Gasteiger partial charge on any atom is 0.255 e. The fraction of sp³-hybridized carbons (Fsp3) is 0.250. The first-order valence-corrected chi connectivity index (χ1v) is 11.4. The van der Waals surface area contributed by atoms with E-state index in [0.29, 0.717) is 5.56 Å². The predicted molar refractivity (Wildman–Crippen MR) is 129 cm³/mol. The van der Waals surface area contributed by atoms with Crippen molar-refractivity contribution in [3.8, 4) is 0 Å². The summed E-state index contributed by atoms with van der Waals surface area (Å²) in [4.78, 5) is 15.7. The van der Waals surface area contributed by atoms with Crippen LogP contribution in [0.1, 0.15) is 52.5 Å². The molecule has 4 nitrogen and oxygen atoms in total. The van der Waals surface area contributed by atoms with Crippen molar-refractivity contribution in [1.82, 2.24) is 4.90 Å². The molecule has 32 heavy (non-hydrogen) atoms. The molecule has 1 N–H and O–H groups in total. The molecule has 0 radical (unpaired) electrons. The molecule has 1 unspecified atom stereocenters. The highest BCUT2D eigenvalue weighted by Gasteiger charge is 2.31. The molecule has 1 atom stereocenters. The number of benzene rings is 3. The number of para-hydroxylation sites is 1. The monoisotopic (exact) mass is 424 g/mol. The first-order valence-electron chi connectivity index (χ1n) is 11.4. The Morgan fingerprint density at radius 1 is 0.875 bits per heavy atom. The molecule has 0 bridgehead atoms. The molecule has 1 saturated heterocycles. The van der Waals surface area contributed by atoms with Gasteiger partial charge in [-0.2, -0.15) is 0 Å². The number of anilines is 1. The Morgan fingerprint density at radius 3 is 2.31 bits per heavy atom. The number of fused-ring (bicyclic) bond motifs is 1. The number of amides is 1. The Morgan fingerprint density at radius 2 is 1.56 bits per heavy atom. The van der Waals surface area contributed by atoms with Crippen LogP contribution in [-0.4, -0.2) is 23.9 Å². The molecular formula is C28H28N2O2. The minimum absolute atomic E-state index is 0.0442. The SMILES string of the molecule is Cc1ccc(C(=O)Nc2c(C(c3ccccc3)N3CCCCC3)oc3ccccc23)cc1. The average molecular weight is 425 g/mol. The van der Waals surface area contributed by atoms with E-state index in [1.54, 1.807) is 0 Å². The summed E-state index contributed by atoms with van der Waals surface area (Å²) in [6, 6.07) is 26.0. The Labute approximate surface area is 188 Å². The first kappa shape index (κ1) is 20.5. The summed E-state index contributed by atoms with van der Waals surface area (Å²) in [6.07, 6.45) is 3.61. The van der Waals surface area contributed by atoms with Gasteiger partial charge in [0.2, 0.25) is 0 Å². The molecule has 3 aromatic carbocycles. The van der Waals surface area contributed by atoms with Crippen LogP contribution in [0.5, 0.6) is 0 Å². The lowest BCUT2D eigenvalue weighted by atomic mass is 9.98. The number of likely N-dealkylation sites (tertiary alicyclic amines) is 1. The summed E-state index contributed by atoms with van der Waals surface area (Å²) >= 11 is 0. The standard InChI is InChI=1S/C28H28N2O2/c1-20-14-16-22(17-15-20)28(31)29-25-23-12-6-7-13-24(23)32-27(25)26(21-10-4-2-5-11-21)30-18-8-3-9-19-30/h2,4-7,10-17,26H,3,8-9,18-19H2,1H3,(H,29,31). The van der Waals surface area contributed by atoms with Gasteiger partial charge in [0.25, 0.3) is 5.91 Å². The predicted octanol–water partition coefficient (Wildman–Crippen LogP) is 6.57. The Kier molecular flexibility index (Phi) is 5.78. The highest BCUT2D eigenvalue weighted by molar-refractivity contribution is 6.09. The molecule has 1 aliphatic rings. The largest absolute Gasteiger partial charge is 0.457 e. The lowest BCUT2D eigenvalue weighted by Crippen LogP contribution is -2.34. The van der Waals surface area contributed by atoms with E-state index in [2.05, 4.69) is 34.5 Å². The molecule has 0 aliphatic carbocycles. The first-order chi connectivity index (χ1) is 15.7. The topological polar surface area (TPSA) is 45.5 Å². The summed E-state index contributed by atoms with van der Waals surface area (Å²) in [5, 5.41) is 4.13. The number of furan rings is 1. The summed E-state index contributed by atoms with van der Waals surface area (Å²) < 4.78 is 6.47. The molecule has 1 aliphatic heterocycles. The van der Waals surface area contributed by atoms with Crippen molar-refractivity contribution < 1.29 is 9.21 Å². The number of carbonyl (C=O) groups excluding carboxylic acids is 1. The van der Waals surface area contributed by atoms with E-state index in [-0.39, 0.29) is 11.9 Å². The molecule has 0 saturated carbocycles. The smallest absolute Gasteiger partial charge is 0.255 e. The van der Waals surface area contributed by atoms with E-state index in [9.17, 15) is 4.79 Å². The lowest BCUT2D eigenvalue weighted by Gasteiger charge is -2.34. The second-order valence-corrected chi connectivity index (χ2v) is 8.57. The number of piperidine rings is 1. The van der Waals surface area contributed by atoms with E-state index in [1.807, 2.05) is 61.5 Å². The molecular weight excluding hydrogens is 396 g/mol. The molecule has 5 rings (SSSR count). The van der Waals surface area contributed by atoms with Crippen LogP contribution in [0.4, 0.5) is 5.69 Å². The number of nitrogens with zero attached hydrogens (tertiary/aromatic N) is 1. The Hall–Kier alpha value is -3.37. The third kappa shape index (κ3) is 4.06. The molecule has 162 valence electrons. The van der Waals surface area contributed by atoms with E-state index < -0.39 is 0 Å². The van der Waals surface area contributed by atoms with E-state index >= 15 is 0 Å².